The van der Waals surface area contributed by atoms with Crippen LogP contribution in [-0.4, -0.2) is 26.7 Å². The molecule has 19 heavy (non-hydrogen) atoms. The Balaban J connectivity index is 2.09. The fourth-order valence-corrected chi connectivity index (χ4v) is 1.40. The molecule has 6 heteroatoms. The fraction of sp³-hybridized carbons (Fsp3) is 0.0769. The van der Waals surface area contributed by atoms with Crippen molar-refractivity contribution in [3.8, 4) is 5.75 Å². The second-order valence-electron chi connectivity index (χ2n) is 3.78. The summed E-state index contributed by atoms with van der Waals surface area (Å²) in [5.41, 5.74) is 3.87. The molecule has 0 atom stereocenters. The average Bonchev–Trinajstić information content (AvgIpc) is 2.45. The third kappa shape index (κ3) is 3.35. The summed E-state index contributed by atoms with van der Waals surface area (Å²) in [5, 5.41) is 13.3. The molecule has 1 aromatic carbocycles. The van der Waals surface area contributed by atoms with Crippen LogP contribution in [0.2, 0.25) is 0 Å². The highest BCUT2D eigenvalue weighted by molar-refractivity contribution is 6.00. The maximum atomic E-state index is 11.7. The summed E-state index contributed by atoms with van der Waals surface area (Å²) in [5.74, 6) is -0.292. The Morgan fingerprint density at radius 2 is 2.21 bits per heavy atom. The summed E-state index contributed by atoms with van der Waals surface area (Å²) < 4.78 is 0. The first-order valence-corrected chi connectivity index (χ1v) is 5.57. The predicted octanol–water partition coefficient (Wildman–Crippen LogP) is 1.34. The van der Waals surface area contributed by atoms with Crippen molar-refractivity contribution < 1.29 is 9.90 Å². The molecule has 0 radical (unpaired) electrons. The maximum Gasteiger partial charge on any atom is 0.291 e. The Morgan fingerprint density at radius 1 is 1.37 bits per heavy atom. The van der Waals surface area contributed by atoms with Crippen molar-refractivity contribution in [1.29, 1.82) is 0 Å². The van der Waals surface area contributed by atoms with Crippen molar-refractivity contribution in [3.05, 3.63) is 54.1 Å². The lowest BCUT2D eigenvalue weighted by atomic mass is 10.1. The largest absolute Gasteiger partial charge is 0.508 e. The van der Waals surface area contributed by atoms with Crippen molar-refractivity contribution in [1.82, 2.24) is 15.4 Å². The van der Waals surface area contributed by atoms with E-state index in [0.717, 1.165) is 5.56 Å². The second-order valence-corrected chi connectivity index (χ2v) is 3.78. The standard InChI is InChI=1S/C13H12N4O2/c1-9(10-3-2-4-11(18)7-10)16-17-13(19)12-8-14-5-6-15-12/h2-8,18H,1H3,(H,17,19)/b16-9+. The Labute approximate surface area is 109 Å². The van der Waals surface area contributed by atoms with Crippen LogP contribution in [0.3, 0.4) is 0 Å². The second kappa shape index (κ2) is 5.72. The lowest BCUT2D eigenvalue weighted by molar-refractivity contribution is 0.0949. The van der Waals surface area contributed by atoms with Gasteiger partial charge < -0.3 is 5.11 Å². The van der Waals surface area contributed by atoms with Gasteiger partial charge in [0.1, 0.15) is 11.4 Å². The summed E-state index contributed by atoms with van der Waals surface area (Å²) in [4.78, 5) is 19.3. The van der Waals surface area contributed by atoms with E-state index < -0.39 is 5.91 Å². The zero-order valence-electron chi connectivity index (χ0n) is 10.2. The molecular weight excluding hydrogens is 244 g/mol. The number of carbonyl (C=O) groups excluding carboxylic acids is 1. The quantitative estimate of drug-likeness (QED) is 0.640. The summed E-state index contributed by atoms with van der Waals surface area (Å²) >= 11 is 0. The number of aromatic nitrogens is 2. The van der Waals surface area contributed by atoms with Gasteiger partial charge in [0.2, 0.25) is 0 Å². The molecule has 2 aromatic rings. The molecule has 96 valence electrons. The lowest BCUT2D eigenvalue weighted by Gasteiger charge is -2.02. The summed E-state index contributed by atoms with van der Waals surface area (Å²) in [7, 11) is 0. The number of nitrogens with one attached hydrogen (secondary N) is 1. The molecule has 2 rings (SSSR count). The van der Waals surface area contributed by atoms with Crippen LogP contribution < -0.4 is 5.43 Å². The molecule has 0 aliphatic rings. The van der Waals surface area contributed by atoms with Crippen LogP contribution >= 0.6 is 0 Å². The number of nitrogens with zero attached hydrogens (tertiary/aromatic N) is 3. The van der Waals surface area contributed by atoms with Crippen molar-refractivity contribution >= 4 is 11.6 Å². The van der Waals surface area contributed by atoms with Crippen molar-refractivity contribution in [3.63, 3.8) is 0 Å². The highest BCUT2D eigenvalue weighted by Gasteiger charge is 2.06. The smallest absolute Gasteiger partial charge is 0.291 e. The van der Waals surface area contributed by atoms with Gasteiger partial charge in [0.15, 0.2) is 0 Å². The molecule has 0 saturated carbocycles. The lowest BCUT2D eigenvalue weighted by Crippen LogP contribution is -2.20. The van der Waals surface area contributed by atoms with Gasteiger partial charge in [0, 0.05) is 18.0 Å². The first-order chi connectivity index (χ1) is 9.16. The number of hydrogen-bond donors (Lipinski definition) is 2. The molecule has 0 saturated heterocycles. The normalized spacial score (nSPS) is 11.1. The van der Waals surface area contributed by atoms with Crippen LogP contribution in [0.5, 0.6) is 5.75 Å². The van der Waals surface area contributed by atoms with E-state index in [0.29, 0.717) is 5.71 Å². The average molecular weight is 256 g/mol. The summed E-state index contributed by atoms with van der Waals surface area (Å²) in [6, 6.07) is 6.61. The minimum Gasteiger partial charge on any atom is -0.508 e. The molecule has 0 aliphatic heterocycles. The van der Waals surface area contributed by atoms with Crippen LogP contribution in [0.25, 0.3) is 0 Å². The Hall–Kier alpha value is -2.76. The van der Waals surface area contributed by atoms with Gasteiger partial charge in [-0.1, -0.05) is 12.1 Å². The molecule has 1 aromatic heterocycles. The first-order valence-electron chi connectivity index (χ1n) is 5.57. The molecule has 1 heterocycles. The van der Waals surface area contributed by atoms with E-state index in [1.165, 1.54) is 18.6 Å². The van der Waals surface area contributed by atoms with E-state index in [2.05, 4.69) is 20.5 Å². The SMILES string of the molecule is C/C(=N\NC(=O)c1cnccn1)c1cccc(O)c1. The number of rotatable bonds is 3. The molecule has 0 bridgehead atoms. The number of carbonyl (C=O) groups is 1. The van der Waals surface area contributed by atoms with Crippen LogP contribution in [0.4, 0.5) is 0 Å². The minimum absolute atomic E-state index is 0.146. The Kier molecular flexibility index (Phi) is 3.82. The Morgan fingerprint density at radius 3 is 2.89 bits per heavy atom. The maximum absolute atomic E-state index is 11.7. The molecule has 1 amide bonds. The zero-order chi connectivity index (χ0) is 13.7. The van der Waals surface area contributed by atoms with E-state index in [4.69, 9.17) is 0 Å². The van der Waals surface area contributed by atoms with Gasteiger partial charge in [-0.25, -0.2) is 10.4 Å². The van der Waals surface area contributed by atoms with Crippen LogP contribution in [-0.2, 0) is 0 Å². The van der Waals surface area contributed by atoms with Crippen molar-refractivity contribution in [2.24, 2.45) is 5.10 Å². The minimum atomic E-state index is -0.437. The van der Waals surface area contributed by atoms with E-state index in [1.54, 1.807) is 31.2 Å². The molecule has 0 spiro atoms. The van der Waals surface area contributed by atoms with Gasteiger partial charge in [-0.3, -0.25) is 9.78 Å². The van der Waals surface area contributed by atoms with Gasteiger partial charge in [-0.05, 0) is 19.1 Å². The van der Waals surface area contributed by atoms with Crippen LogP contribution in [0, 0.1) is 0 Å². The number of benzene rings is 1. The van der Waals surface area contributed by atoms with E-state index in [1.807, 2.05) is 0 Å². The molecular formula is C13H12N4O2. The van der Waals surface area contributed by atoms with Crippen molar-refractivity contribution in [2.45, 2.75) is 6.92 Å². The van der Waals surface area contributed by atoms with Gasteiger partial charge in [-0.2, -0.15) is 5.10 Å². The number of hydrogen-bond acceptors (Lipinski definition) is 5. The van der Waals surface area contributed by atoms with Gasteiger partial charge in [0.05, 0.1) is 11.9 Å². The molecule has 0 aliphatic carbocycles. The highest BCUT2D eigenvalue weighted by atomic mass is 16.3. The Bertz CT molecular complexity index is 611. The number of hydrazone groups is 1. The van der Waals surface area contributed by atoms with E-state index in [9.17, 15) is 9.90 Å². The van der Waals surface area contributed by atoms with E-state index >= 15 is 0 Å². The van der Waals surface area contributed by atoms with Crippen LogP contribution in [0.15, 0.2) is 48.0 Å². The third-order valence-electron chi connectivity index (χ3n) is 2.38. The topological polar surface area (TPSA) is 87.5 Å². The third-order valence-corrected chi connectivity index (χ3v) is 2.38. The monoisotopic (exact) mass is 256 g/mol. The number of phenols is 1. The molecule has 0 fully saturated rings. The predicted molar refractivity (Wildman–Crippen MR) is 69.8 cm³/mol. The fourth-order valence-electron chi connectivity index (χ4n) is 1.40. The molecule has 2 N–H and O–H groups in total. The number of amides is 1. The van der Waals surface area contributed by atoms with Crippen molar-refractivity contribution in [2.75, 3.05) is 0 Å². The molecule has 0 unspecified atom stereocenters. The number of phenolic OH excluding ortho intramolecular Hbond substituents is 1. The summed E-state index contributed by atoms with van der Waals surface area (Å²) in [6.45, 7) is 1.73. The van der Waals surface area contributed by atoms with Gasteiger partial charge in [0.25, 0.3) is 5.91 Å². The summed E-state index contributed by atoms with van der Waals surface area (Å²) in [6.07, 6.45) is 4.27. The highest BCUT2D eigenvalue weighted by Crippen LogP contribution is 2.11. The van der Waals surface area contributed by atoms with Gasteiger partial charge in [-0.15, -0.1) is 0 Å². The number of aromatic hydroxyl groups is 1. The van der Waals surface area contributed by atoms with Crippen LogP contribution in [0.1, 0.15) is 23.0 Å². The molecule has 6 nitrogen and oxygen atoms in total. The zero-order valence-corrected chi connectivity index (χ0v) is 10.2. The first kappa shape index (κ1) is 12.7. The van der Waals surface area contributed by atoms with Gasteiger partial charge >= 0.3 is 0 Å². The van der Waals surface area contributed by atoms with E-state index in [-0.39, 0.29) is 11.4 Å².